The predicted octanol–water partition coefficient (Wildman–Crippen LogP) is 4.60. The number of likely N-dealkylation sites (tertiary alicyclic amines) is 1. The van der Waals surface area contributed by atoms with Gasteiger partial charge in [0, 0.05) is 17.8 Å². The Labute approximate surface area is 183 Å². The van der Waals surface area contributed by atoms with Gasteiger partial charge in [-0.1, -0.05) is 23.5 Å². The summed E-state index contributed by atoms with van der Waals surface area (Å²) in [5.74, 6) is -0.627. The smallest absolute Gasteiger partial charge is 0.312 e. The minimum absolute atomic E-state index is 0.296. The lowest BCUT2D eigenvalue weighted by atomic mass is 10.1. The van der Waals surface area contributed by atoms with E-state index in [4.69, 9.17) is 0 Å². The first-order valence-corrected chi connectivity index (χ1v) is 10.8. The molecule has 4 rings (SSSR count). The molecule has 0 aliphatic carbocycles. The molecule has 160 valence electrons. The van der Waals surface area contributed by atoms with Gasteiger partial charge in [-0.05, 0) is 68.1 Å². The summed E-state index contributed by atoms with van der Waals surface area (Å²) in [6.45, 7) is 4.44. The molecule has 2 heterocycles. The number of carbonyl (C=O) groups is 2. The summed E-state index contributed by atoms with van der Waals surface area (Å²) >= 11 is 1.20. The van der Waals surface area contributed by atoms with Gasteiger partial charge in [0.1, 0.15) is 16.9 Å². The van der Waals surface area contributed by atoms with E-state index in [2.05, 4.69) is 20.8 Å². The Kier molecular flexibility index (Phi) is 5.94. The molecule has 1 atom stereocenters. The molecular weight excluding hydrogens is 417 g/mol. The summed E-state index contributed by atoms with van der Waals surface area (Å²) < 4.78 is 13.1. The van der Waals surface area contributed by atoms with Gasteiger partial charge in [0.2, 0.25) is 11.0 Å². The van der Waals surface area contributed by atoms with E-state index in [9.17, 15) is 14.0 Å². The highest BCUT2D eigenvalue weighted by Crippen LogP contribution is 2.28. The van der Waals surface area contributed by atoms with Crippen molar-refractivity contribution < 1.29 is 14.0 Å². The molecule has 1 aromatic heterocycles. The number of rotatable bonds is 4. The number of hydrogen-bond donors (Lipinski definition) is 2. The van der Waals surface area contributed by atoms with E-state index >= 15 is 0 Å². The van der Waals surface area contributed by atoms with Gasteiger partial charge in [-0.2, -0.15) is 0 Å². The van der Waals surface area contributed by atoms with Crippen LogP contribution in [-0.2, 0) is 4.79 Å². The van der Waals surface area contributed by atoms with Gasteiger partial charge in [-0.15, -0.1) is 10.2 Å². The molecule has 31 heavy (non-hydrogen) atoms. The molecule has 0 bridgehead atoms. The van der Waals surface area contributed by atoms with Gasteiger partial charge in [-0.25, -0.2) is 9.18 Å². The van der Waals surface area contributed by atoms with Crippen LogP contribution in [0.3, 0.4) is 0 Å². The molecule has 1 aliphatic rings. The third-order valence-corrected chi connectivity index (χ3v) is 6.30. The van der Waals surface area contributed by atoms with Crippen LogP contribution in [0.1, 0.15) is 24.0 Å². The molecule has 1 saturated heterocycles. The first-order chi connectivity index (χ1) is 14.9. The Morgan fingerprint density at radius 1 is 1.10 bits per heavy atom. The van der Waals surface area contributed by atoms with Gasteiger partial charge in [0.15, 0.2) is 0 Å². The number of aryl methyl sites for hydroxylation is 1. The van der Waals surface area contributed by atoms with Crippen LogP contribution < -0.4 is 10.6 Å². The molecule has 2 N–H and O–H groups in total. The SMILES string of the molecule is Cc1cccc(NC(=O)N2CCCC2C(=O)Nc2nnc(-c3ccc(F)cc3)s2)c1C. The maximum absolute atomic E-state index is 13.1. The number of amides is 3. The number of halogens is 1. The molecule has 1 unspecified atom stereocenters. The Bertz CT molecular complexity index is 1120. The second kappa shape index (κ2) is 8.81. The fourth-order valence-electron chi connectivity index (χ4n) is 3.53. The van der Waals surface area contributed by atoms with Gasteiger partial charge in [-0.3, -0.25) is 10.1 Å². The van der Waals surface area contributed by atoms with Crippen molar-refractivity contribution in [2.24, 2.45) is 0 Å². The maximum Gasteiger partial charge on any atom is 0.322 e. The van der Waals surface area contributed by atoms with Crippen molar-refractivity contribution in [1.29, 1.82) is 0 Å². The van der Waals surface area contributed by atoms with Gasteiger partial charge in [0.05, 0.1) is 0 Å². The zero-order valence-electron chi connectivity index (χ0n) is 17.2. The highest BCUT2D eigenvalue weighted by atomic mass is 32.1. The van der Waals surface area contributed by atoms with Gasteiger partial charge >= 0.3 is 6.03 Å². The molecule has 2 aromatic carbocycles. The summed E-state index contributed by atoms with van der Waals surface area (Å²) in [5, 5.41) is 14.7. The number of nitrogens with zero attached hydrogens (tertiary/aromatic N) is 3. The highest BCUT2D eigenvalue weighted by molar-refractivity contribution is 7.18. The third kappa shape index (κ3) is 4.56. The Morgan fingerprint density at radius 2 is 1.87 bits per heavy atom. The fraction of sp³-hybridized carbons (Fsp3) is 0.273. The fourth-order valence-corrected chi connectivity index (χ4v) is 4.28. The lowest BCUT2D eigenvalue weighted by molar-refractivity contribution is -0.119. The van der Waals surface area contributed by atoms with Crippen LogP contribution in [-0.4, -0.2) is 39.6 Å². The van der Waals surface area contributed by atoms with Crippen LogP contribution in [0.25, 0.3) is 10.6 Å². The number of aromatic nitrogens is 2. The second-order valence-electron chi connectivity index (χ2n) is 7.44. The zero-order valence-corrected chi connectivity index (χ0v) is 18.0. The van der Waals surface area contributed by atoms with E-state index in [0.29, 0.717) is 23.1 Å². The molecule has 1 aliphatic heterocycles. The minimum atomic E-state index is -0.580. The number of benzene rings is 2. The number of nitrogens with one attached hydrogen (secondary N) is 2. The van der Waals surface area contributed by atoms with Crippen molar-refractivity contribution in [1.82, 2.24) is 15.1 Å². The molecular formula is C22H22FN5O2S. The van der Waals surface area contributed by atoms with Crippen LogP contribution in [0, 0.1) is 19.7 Å². The zero-order chi connectivity index (χ0) is 22.0. The molecule has 3 aromatic rings. The van der Waals surface area contributed by atoms with E-state index < -0.39 is 6.04 Å². The number of urea groups is 1. The molecule has 0 spiro atoms. The van der Waals surface area contributed by atoms with Crippen molar-refractivity contribution in [3.63, 3.8) is 0 Å². The maximum atomic E-state index is 13.1. The number of anilines is 2. The summed E-state index contributed by atoms with van der Waals surface area (Å²) in [7, 11) is 0. The Hall–Kier alpha value is -3.33. The predicted molar refractivity (Wildman–Crippen MR) is 119 cm³/mol. The van der Waals surface area contributed by atoms with Crippen molar-refractivity contribution >= 4 is 34.1 Å². The van der Waals surface area contributed by atoms with Crippen molar-refractivity contribution in [2.75, 3.05) is 17.2 Å². The standard InChI is InChI=1S/C22H22FN5O2S/c1-13-5-3-6-17(14(13)2)24-22(30)28-12-4-7-18(28)19(29)25-21-27-26-20(31-21)15-8-10-16(23)11-9-15/h3,5-6,8-11,18H,4,7,12H2,1-2H3,(H,24,30)(H,25,27,29). The largest absolute Gasteiger partial charge is 0.322 e. The lowest BCUT2D eigenvalue weighted by Crippen LogP contribution is -2.45. The monoisotopic (exact) mass is 439 g/mol. The van der Waals surface area contributed by atoms with Crippen molar-refractivity contribution in [2.45, 2.75) is 32.7 Å². The molecule has 7 nitrogen and oxygen atoms in total. The molecule has 3 amide bonds. The number of hydrogen-bond acceptors (Lipinski definition) is 5. The quantitative estimate of drug-likeness (QED) is 0.622. The summed E-state index contributed by atoms with van der Waals surface area (Å²) in [4.78, 5) is 27.2. The first-order valence-electron chi connectivity index (χ1n) is 9.96. The molecule has 9 heteroatoms. The Morgan fingerprint density at radius 3 is 2.65 bits per heavy atom. The highest BCUT2D eigenvalue weighted by Gasteiger charge is 2.34. The minimum Gasteiger partial charge on any atom is -0.312 e. The van der Waals surface area contributed by atoms with Crippen LogP contribution in [0.5, 0.6) is 0 Å². The van der Waals surface area contributed by atoms with Crippen LogP contribution in [0.15, 0.2) is 42.5 Å². The lowest BCUT2D eigenvalue weighted by Gasteiger charge is -2.24. The summed E-state index contributed by atoms with van der Waals surface area (Å²) in [5.41, 5.74) is 3.54. The van der Waals surface area contributed by atoms with E-state index in [0.717, 1.165) is 28.8 Å². The summed E-state index contributed by atoms with van der Waals surface area (Å²) in [6.07, 6.45) is 1.32. The van der Waals surface area contributed by atoms with Crippen molar-refractivity contribution in [3.8, 4) is 10.6 Å². The number of carbonyl (C=O) groups excluding carboxylic acids is 2. The van der Waals surface area contributed by atoms with Crippen LogP contribution in [0.4, 0.5) is 20.0 Å². The van der Waals surface area contributed by atoms with Crippen LogP contribution >= 0.6 is 11.3 Å². The van der Waals surface area contributed by atoms with Crippen molar-refractivity contribution in [3.05, 3.63) is 59.4 Å². The van der Waals surface area contributed by atoms with Gasteiger partial charge in [0.25, 0.3) is 0 Å². The van der Waals surface area contributed by atoms with E-state index in [1.807, 2.05) is 32.0 Å². The topological polar surface area (TPSA) is 87.2 Å². The third-order valence-electron chi connectivity index (χ3n) is 5.41. The second-order valence-corrected chi connectivity index (χ2v) is 8.42. The van der Waals surface area contributed by atoms with E-state index in [1.54, 1.807) is 17.0 Å². The average molecular weight is 440 g/mol. The molecule has 0 radical (unpaired) electrons. The Balaban J connectivity index is 1.43. The normalized spacial score (nSPS) is 15.7. The van der Waals surface area contributed by atoms with E-state index in [1.165, 1.54) is 23.5 Å². The first kappa shape index (κ1) is 20.9. The van der Waals surface area contributed by atoms with Crippen LogP contribution in [0.2, 0.25) is 0 Å². The average Bonchev–Trinajstić information content (AvgIpc) is 3.42. The summed E-state index contributed by atoms with van der Waals surface area (Å²) in [6, 6.07) is 10.8. The van der Waals surface area contributed by atoms with Gasteiger partial charge < -0.3 is 10.2 Å². The molecule has 0 saturated carbocycles. The molecule has 1 fully saturated rings. The van der Waals surface area contributed by atoms with E-state index in [-0.39, 0.29) is 17.8 Å².